The average molecular weight is 415 g/mol. The van der Waals surface area contributed by atoms with Crippen LogP contribution in [0.4, 0.5) is 13.2 Å². The van der Waals surface area contributed by atoms with Gasteiger partial charge in [0.1, 0.15) is 0 Å². The molecule has 2 rings (SSSR count). The predicted octanol–water partition coefficient (Wildman–Crippen LogP) is 4.26. The van der Waals surface area contributed by atoms with E-state index in [1.165, 1.54) is 23.6 Å². The number of nitrogens with one attached hydrogen (secondary N) is 2. The summed E-state index contributed by atoms with van der Waals surface area (Å²) in [4.78, 5) is 5.76. The Kier molecular flexibility index (Phi) is 7.98. The summed E-state index contributed by atoms with van der Waals surface area (Å²) in [5, 5.41) is 8.50. The normalized spacial score (nSPS) is 12.0. The minimum atomic E-state index is -4.40. The molecule has 5 nitrogen and oxygen atoms in total. The molecule has 0 saturated heterocycles. The average Bonchev–Trinajstić information content (AvgIpc) is 3.06. The van der Waals surface area contributed by atoms with Gasteiger partial charge in [0, 0.05) is 11.4 Å². The fourth-order valence-electron chi connectivity index (χ4n) is 2.35. The van der Waals surface area contributed by atoms with Crippen molar-refractivity contribution in [1.82, 2.24) is 10.6 Å². The Labute approximate surface area is 166 Å². The highest BCUT2D eigenvalue weighted by Gasteiger charge is 2.29. The predicted molar refractivity (Wildman–Crippen MR) is 105 cm³/mol. The summed E-state index contributed by atoms with van der Waals surface area (Å²) in [5.41, 5.74) is 2.02. The molecule has 1 heterocycles. The van der Waals surface area contributed by atoms with Crippen molar-refractivity contribution < 1.29 is 22.6 Å². The lowest BCUT2D eigenvalue weighted by Crippen LogP contribution is -2.36. The minimum Gasteiger partial charge on any atom is -0.493 e. The fraction of sp³-hybridized carbons (Fsp3) is 0.421. The summed E-state index contributed by atoms with van der Waals surface area (Å²) in [6, 6.07) is 6.83. The second-order valence-electron chi connectivity index (χ2n) is 5.96. The van der Waals surface area contributed by atoms with Crippen LogP contribution in [0, 0.1) is 6.92 Å². The van der Waals surface area contributed by atoms with Crippen LogP contribution < -0.4 is 20.1 Å². The highest BCUT2D eigenvalue weighted by Crippen LogP contribution is 2.30. The van der Waals surface area contributed by atoms with Crippen molar-refractivity contribution >= 4 is 17.3 Å². The molecule has 0 spiro atoms. The number of benzene rings is 1. The van der Waals surface area contributed by atoms with Gasteiger partial charge in [0.2, 0.25) is 0 Å². The molecule has 0 aliphatic rings. The molecule has 0 radical (unpaired) electrons. The Morgan fingerprint density at radius 3 is 2.57 bits per heavy atom. The molecule has 0 aliphatic heterocycles. The van der Waals surface area contributed by atoms with E-state index in [-0.39, 0.29) is 11.5 Å². The van der Waals surface area contributed by atoms with E-state index in [1.807, 2.05) is 12.3 Å². The molecule has 0 aliphatic carbocycles. The first-order chi connectivity index (χ1) is 13.3. The molecule has 9 heteroatoms. The molecular formula is C19H24F3N3O2S. The van der Waals surface area contributed by atoms with Crippen LogP contribution in [-0.2, 0) is 13.1 Å². The molecule has 0 fully saturated rings. The van der Waals surface area contributed by atoms with Crippen molar-refractivity contribution in [3.8, 4) is 11.5 Å². The Bertz CT molecular complexity index is 791. The number of thiophene rings is 1. The monoisotopic (exact) mass is 415 g/mol. The number of nitrogens with zero attached hydrogens (tertiary/aromatic N) is 1. The number of ether oxygens (including phenoxy) is 2. The lowest BCUT2D eigenvalue weighted by Gasteiger charge is -2.14. The number of aliphatic imine (C=N–C) groups is 1. The van der Waals surface area contributed by atoms with Crippen LogP contribution in [0.25, 0.3) is 0 Å². The van der Waals surface area contributed by atoms with E-state index in [1.54, 1.807) is 23.5 Å². The van der Waals surface area contributed by atoms with Crippen LogP contribution >= 0.6 is 11.3 Å². The number of halogens is 3. The first-order valence-electron chi connectivity index (χ1n) is 8.74. The van der Waals surface area contributed by atoms with E-state index in [0.717, 1.165) is 5.56 Å². The molecule has 0 unspecified atom stereocenters. The maximum Gasteiger partial charge on any atom is 0.422 e. The zero-order valence-corrected chi connectivity index (χ0v) is 16.8. The Hall–Kier alpha value is -2.42. The molecule has 1 aromatic heterocycles. The SMILES string of the molecule is CCNC(=NCc1ccc(OCC(F)(F)F)c(OC)c1)NCc1sccc1C. The van der Waals surface area contributed by atoms with Crippen molar-refractivity contribution in [2.45, 2.75) is 33.1 Å². The van der Waals surface area contributed by atoms with Crippen LogP contribution in [0.5, 0.6) is 11.5 Å². The van der Waals surface area contributed by atoms with Crippen LogP contribution in [-0.4, -0.2) is 32.4 Å². The molecule has 154 valence electrons. The van der Waals surface area contributed by atoms with Crippen molar-refractivity contribution in [1.29, 1.82) is 0 Å². The quantitative estimate of drug-likeness (QED) is 0.500. The van der Waals surface area contributed by atoms with Crippen molar-refractivity contribution in [2.75, 3.05) is 20.3 Å². The van der Waals surface area contributed by atoms with Gasteiger partial charge in [-0.25, -0.2) is 4.99 Å². The number of hydrogen-bond acceptors (Lipinski definition) is 4. The van der Waals surface area contributed by atoms with Gasteiger partial charge in [0.25, 0.3) is 0 Å². The smallest absolute Gasteiger partial charge is 0.422 e. The third-order valence-corrected chi connectivity index (χ3v) is 4.79. The van der Waals surface area contributed by atoms with E-state index < -0.39 is 12.8 Å². The molecule has 2 N–H and O–H groups in total. The number of methoxy groups -OCH3 is 1. The second kappa shape index (κ2) is 10.2. The summed E-state index contributed by atoms with van der Waals surface area (Å²) in [7, 11) is 1.39. The molecule has 2 aromatic rings. The highest BCUT2D eigenvalue weighted by atomic mass is 32.1. The zero-order valence-electron chi connectivity index (χ0n) is 16.0. The Balaban J connectivity index is 2.03. The maximum atomic E-state index is 12.3. The van der Waals surface area contributed by atoms with Crippen molar-refractivity contribution in [3.05, 3.63) is 45.6 Å². The molecule has 0 saturated carbocycles. The summed E-state index contributed by atoms with van der Waals surface area (Å²) in [6.45, 7) is 4.40. The van der Waals surface area contributed by atoms with Crippen LogP contribution in [0.15, 0.2) is 34.6 Å². The first kappa shape index (κ1) is 21.9. The Morgan fingerprint density at radius 2 is 1.96 bits per heavy atom. The number of aryl methyl sites for hydroxylation is 1. The van der Waals surface area contributed by atoms with E-state index in [2.05, 4.69) is 28.6 Å². The summed E-state index contributed by atoms with van der Waals surface area (Å²) < 4.78 is 47.0. The largest absolute Gasteiger partial charge is 0.493 e. The van der Waals surface area contributed by atoms with E-state index >= 15 is 0 Å². The lowest BCUT2D eigenvalue weighted by atomic mass is 10.2. The zero-order chi connectivity index (χ0) is 20.6. The van der Waals surface area contributed by atoms with Crippen LogP contribution in [0.2, 0.25) is 0 Å². The van der Waals surface area contributed by atoms with Gasteiger partial charge in [-0.15, -0.1) is 11.3 Å². The number of guanidine groups is 1. The number of rotatable bonds is 8. The number of alkyl halides is 3. The third kappa shape index (κ3) is 6.95. The lowest BCUT2D eigenvalue weighted by molar-refractivity contribution is -0.153. The number of hydrogen-bond donors (Lipinski definition) is 2. The van der Waals surface area contributed by atoms with E-state index in [0.29, 0.717) is 25.6 Å². The second-order valence-corrected chi connectivity index (χ2v) is 6.97. The van der Waals surface area contributed by atoms with Crippen LogP contribution in [0.1, 0.15) is 22.9 Å². The van der Waals surface area contributed by atoms with Crippen molar-refractivity contribution in [3.63, 3.8) is 0 Å². The molecular weight excluding hydrogens is 391 g/mol. The van der Waals surface area contributed by atoms with Gasteiger partial charge >= 0.3 is 6.18 Å². The molecule has 1 aromatic carbocycles. The van der Waals surface area contributed by atoms with Gasteiger partial charge in [-0.3, -0.25) is 0 Å². The standard InChI is InChI=1S/C19H24F3N3O2S/c1-4-23-18(25-11-17-13(2)7-8-28-17)24-10-14-5-6-15(16(9-14)26-3)27-12-19(20,21)22/h5-9H,4,10-12H2,1-3H3,(H2,23,24,25). The first-order valence-corrected chi connectivity index (χ1v) is 9.62. The summed E-state index contributed by atoms with van der Waals surface area (Å²) in [6.07, 6.45) is -4.40. The van der Waals surface area contributed by atoms with E-state index in [9.17, 15) is 13.2 Å². The third-order valence-electron chi connectivity index (χ3n) is 3.77. The molecule has 0 amide bonds. The van der Waals surface area contributed by atoms with E-state index in [4.69, 9.17) is 9.47 Å². The minimum absolute atomic E-state index is 0.0470. The molecule has 0 atom stereocenters. The van der Waals surface area contributed by atoms with Gasteiger partial charge in [-0.1, -0.05) is 6.07 Å². The van der Waals surface area contributed by atoms with Crippen LogP contribution in [0.3, 0.4) is 0 Å². The van der Waals surface area contributed by atoms with Gasteiger partial charge in [-0.05, 0) is 48.6 Å². The maximum absolute atomic E-state index is 12.3. The van der Waals surface area contributed by atoms with Gasteiger partial charge in [0.05, 0.1) is 20.2 Å². The topological polar surface area (TPSA) is 54.9 Å². The Morgan fingerprint density at radius 1 is 1.18 bits per heavy atom. The van der Waals surface area contributed by atoms with Gasteiger partial charge in [-0.2, -0.15) is 13.2 Å². The fourth-order valence-corrected chi connectivity index (χ4v) is 3.20. The van der Waals surface area contributed by atoms with Gasteiger partial charge in [0.15, 0.2) is 24.1 Å². The summed E-state index contributed by atoms with van der Waals surface area (Å²) >= 11 is 1.68. The molecule has 28 heavy (non-hydrogen) atoms. The highest BCUT2D eigenvalue weighted by molar-refractivity contribution is 7.10. The summed E-state index contributed by atoms with van der Waals surface area (Å²) in [5.74, 6) is 0.946. The van der Waals surface area contributed by atoms with Crippen molar-refractivity contribution in [2.24, 2.45) is 4.99 Å². The van der Waals surface area contributed by atoms with Gasteiger partial charge < -0.3 is 20.1 Å². The molecule has 0 bridgehead atoms.